The number of carbonyl (C=O) groups excluding carboxylic acids is 1. The molecule has 25 heavy (non-hydrogen) atoms. The number of aryl methyl sites for hydroxylation is 2. The Labute approximate surface area is 152 Å². The van der Waals surface area contributed by atoms with Crippen molar-refractivity contribution in [2.45, 2.75) is 45.4 Å². The quantitative estimate of drug-likeness (QED) is 0.778. The van der Waals surface area contributed by atoms with Gasteiger partial charge in [0.1, 0.15) is 10.7 Å². The van der Waals surface area contributed by atoms with E-state index in [9.17, 15) is 9.18 Å². The fourth-order valence-electron chi connectivity index (χ4n) is 3.42. The van der Waals surface area contributed by atoms with E-state index < -0.39 is 0 Å². The van der Waals surface area contributed by atoms with Crippen molar-refractivity contribution in [1.29, 1.82) is 0 Å². The largest absolute Gasteiger partial charge is 0.338 e. The Morgan fingerprint density at radius 2 is 2.12 bits per heavy atom. The lowest BCUT2D eigenvalue weighted by Crippen LogP contribution is -2.40. The monoisotopic (exact) mass is 361 g/mol. The predicted molar refractivity (Wildman–Crippen MR) is 97.3 cm³/mol. The van der Waals surface area contributed by atoms with Crippen molar-refractivity contribution >= 4 is 17.4 Å². The van der Waals surface area contributed by atoms with Crippen molar-refractivity contribution in [2.24, 2.45) is 5.92 Å². The third-order valence-corrected chi connectivity index (χ3v) is 5.55. The van der Waals surface area contributed by atoms with Crippen molar-refractivity contribution < 1.29 is 9.18 Å². The van der Waals surface area contributed by atoms with Gasteiger partial charge in [0.2, 0.25) is 0 Å². The molecule has 3 rings (SSSR count). The Hall–Kier alpha value is -1.82. The molecule has 1 fully saturated rings. The van der Waals surface area contributed by atoms with Crippen LogP contribution in [0.5, 0.6) is 0 Å². The molecule has 134 valence electrons. The summed E-state index contributed by atoms with van der Waals surface area (Å²) in [4.78, 5) is 15.5. The molecule has 1 aromatic heterocycles. The minimum Gasteiger partial charge on any atom is -0.338 e. The van der Waals surface area contributed by atoms with Gasteiger partial charge < -0.3 is 4.90 Å². The first-order valence-electron chi connectivity index (χ1n) is 9.02. The van der Waals surface area contributed by atoms with Gasteiger partial charge in [0.15, 0.2) is 0 Å². The van der Waals surface area contributed by atoms with Gasteiger partial charge in [-0.1, -0.05) is 30.0 Å². The van der Waals surface area contributed by atoms with Crippen LogP contribution in [0.2, 0.25) is 0 Å². The molecule has 0 bridgehead atoms. The lowest BCUT2D eigenvalue weighted by molar-refractivity contribution is 0.0672. The summed E-state index contributed by atoms with van der Waals surface area (Å²) in [5.41, 5.74) is 1.99. The third-order valence-electron chi connectivity index (χ3n) is 4.80. The van der Waals surface area contributed by atoms with Crippen molar-refractivity contribution in [3.8, 4) is 0 Å². The maximum atomic E-state index is 13.0. The fourth-order valence-corrected chi connectivity index (χ4v) is 4.10. The van der Waals surface area contributed by atoms with Crippen LogP contribution in [0, 0.1) is 11.7 Å². The average Bonchev–Trinajstić information content (AvgIpc) is 3.09. The van der Waals surface area contributed by atoms with Crippen molar-refractivity contribution in [2.75, 3.05) is 13.1 Å². The second-order valence-electron chi connectivity index (χ2n) is 6.72. The summed E-state index contributed by atoms with van der Waals surface area (Å²) in [6, 6.07) is 6.72. The number of likely N-dealkylation sites (tertiary alicyclic amines) is 1. The molecule has 0 radical (unpaired) electrons. The smallest absolute Gasteiger partial charge is 0.267 e. The van der Waals surface area contributed by atoms with Crippen LogP contribution in [0.3, 0.4) is 0 Å². The molecular weight excluding hydrogens is 337 g/mol. The molecule has 2 heterocycles. The molecule has 0 aliphatic carbocycles. The van der Waals surface area contributed by atoms with Gasteiger partial charge in [-0.2, -0.15) is 0 Å². The van der Waals surface area contributed by atoms with Crippen molar-refractivity contribution in [3.63, 3.8) is 0 Å². The zero-order chi connectivity index (χ0) is 17.6. The summed E-state index contributed by atoms with van der Waals surface area (Å²) in [6.45, 7) is 3.69. The van der Waals surface area contributed by atoms with E-state index in [0.29, 0.717) is 10.8 Å². The topological polar surface area (TPSA) is 46.1 Å². The molecular formula is C19H24FN3OS. The van der Waals surface area contributed by atoms with E-state index in [0.717, 1.165) is 62.9 Å². The fraction of sp³-hybridized carbons (Fsp3) is 0.526. The van der Waals surface area contributed by atoms with Crippen LogP contribution in [0.15, 0.2) is 24.3 Å². The maximum absolute atomic E-state index is 13.0. The molecule has 1 aliphatic heterocycles. The van der Waals surface area contributed by atoms with Gasteiger partial charge in [-0.3, -0.25) is 4.79 Å². The second-order valence-corrected chi connectivity index (χ2v) is 7.48. The lowest BCUT2D eigenvalue weighted by Gasteiger charge is -2.32. The van der Waals surface area contributed by atoms with E-state index in [1.807, 2.05) is 17.0 Å². The highest BCUT2D eigenvalue weighted by molar-refractivity contribution is 7.08. The molecule has 1 aromatic carbocycles. The lowest BCUT2D eigenvalue weighted by atomic mass is 9.91. The number of piperidine rings is 1. The van der Waals surface area contributed by atoms with Crippen LogP contribution < -0.4 is 0 Å². The highest BCUT2D eigenvalue weighted by Gasteiger charge is 2.27. The first kappa shape index (κ1) is 18.0. The van der Waals surface area contributed by atoms with Gasteiger partial charge in [0.25, 0.3) is 5.91 Å². The minimum absolute atomic E-state index is 0.0879. The molecule has 1 unspecified atom stereocenters. The SMILES string of the molecule is CCCc1nnsc1C(=O)N1CCCC(CCc2ccc(F)cc2)C1. The molecule has 0 spiro atoms. The summed E-state index contributed by atoms with van der Waals surface area (Å²) in [5.74, 6) is 0.391. The normalized spacial score (nSPS) is 17.7. The summed E-state index contributed by atoms with van der Waals surface area (Å²) >= 11 is 1.22. The number of hydrogen-bond donors (Lipinski definition) is 0. The first-order valence-corrected chi connectivity index (χ1v) is 9.79. The van der Waals surface area contributed by atoms with Gasteiger partial charge in [-0.15, -0.1) is 5.10 Å². The number of aromatic nitrogens is 2. The summed E-state index contributed by atoms with van der Waals surface area (Å²) in [6.07, 6.45) is 5.91. The van der Waals surface area contributed by atoms with Crippen molar-refractivity contribution in [1.82, 2.24) is 14.5 Å². The molecule has 4 nitrogen and oxygen atoms in total. The van der Waals surface area contributed by atoms with E-state index in [1.165, 1.54) is 23.7 Å². The number of rotatable bonds is 6. The second kappa shape index (κ2) is 8.52. The molecule has 1 amide bonds. The molecule has 0 saturated carbocycles. The number of benzene rings is 1. The zero-order valence-corrected chi connectivity index (χ0v) is 15.4. The summed E-state index contributed by atoms with van der Waals surface area (Å²) in [5, 5.41) is 4.11. The van der Waals surface area contributed by atoms with E-state index in [2.05, 4.69) is 16.5 Å². The Morgan fingerprint density at radius 3 is 2.88 bits per heavy atom. The standard InChI is InChI=1S/C19H24FN3OS/c1-2-4-17-18(25-22-21-17)19(24)23-12-3-5-15(13-23)7-6-14-8-10-16(20)11-9-14/h8-11,15H,2-7,12-13H2,1H3. The summed E-state index contributed by atoms with van der Waals surface area (Å²) < 4.78 is 17.0. The first-order chi connectivity index (χ1) is 12.2. The van der Waals surface area contributed by atoms with Gasteiger partial charge in [0, 0.05) is 13.1 Å². The van der Waals surface area contributed by atoms with Crippen LogP contribution in [0.4, 0.5) is 4.39 Å². The molecule has 6 heteroatoms. The number of hydrogen-bond acceptors (Lipinski definition) is 4. The molecule has 0 N–H and O–H groups in total. The third kappa shape index (κ3) is 4.63. The number of halogens is 1. The Morgan fingerprint density at radius 1 is 1.32 bits per heavy atom. The van der Waals surface area contributed by atoms with Crippen LogP contribution in [-0.2, 0) is 12.8 Å². The van der Waals surface area contributed by atoms with Crippen LogP contribution in [-0.4, -0.2) is 33.5 Å². The molecule has 1 aliphatic rings. The number of amides is 1. The average molecular weight is 361 g/mol. The highest BCUT2D eigenvalue weighted by Crippen LogP contribution is 2.24. The maximum Gasteiger partial charge on any atom is 0.267 e. The highest BCUT2D eigenvalue weighted by atomic mass is 32.1. The molecule has 1 atom stereocenters. The van der Waals surface area contributed by atoms with Crippen molar-refractivity contribution in [3.05, 3.63) is 46.2 Å². The van der Waals surface area contributed by atoms with Crippen LogP contribution in [0.25, 0.3) is 0 Å². The number of carbonyl (C=O) groups is 1. The Kier molecular flexibility index (Phi) is 6.13. The van der Waals surface area contributed by atoms with E-state index >= 15 is 0 Å². The van der Waals surface area contributed by atoms with Gasteiger partial charge in [-0.25, -0.2) is 4.39 Å². The van der Waals surface area contributed by atoms with Gasteiger partial charge >= 0.3 is 0 Å². The number of nitrogens with zero attached hydrogens (tertiary/aromatic N) is 3. The van der Waals surface area contributed by atoms with E-state index in [4.69, 9.17) is 0 Å². The van der Waals surface area contributed by atoms with Crippen LogP contribution in [0.1, 0.15) is 53.5 Å². The van der Waals surface area contributed by atoms with E-state index in [1.54, 1.807) is 0 Å². The Balaban J connectivity index is 1.57. The van der Waals surface area contributed by atoms with Gasteiger partial charge in [0.05, 0.1) is 5.69 Å². The summed E-state index contributed by atoms with van der Waals surface area (Å²) in [7, 11) is 0. The minimum atomic E-state index is -0.195. The Bertz CT molecular complexity index is 701. The van der Waals surface area contributed by atoms with Gasteiger partial charge in [-0.05, 0) is 67.3 Å². The molecule has 2 aromatic rings. The zero-order valence-electron chi connectivity index (χ0n) is 14.6. The molecule has 1 saturated heterocycles. The van der Waals surface area contributed by atoms with E-state index in [-0.39, 0.29) is 11.7 Å². The van der Waals surface area contributed by atoms with Crippen LogP contribution >= 0.6 is 11.5 Å². The predicted octanol–water partition coefficient (Wildman–Crippen LogP) is 4.11.